The zero-order valence-corrected chi connectivity index (χ0v) is 16.9. The van der Waals surface area contributed by atoms with E-state index in [2.05, 4.69) is 5.32 Å². The highest BCUT2D eigenvalue weighted by atomic mass is 35.5. The number of hydrogen-bond acceptors (Lipinski definition) is 4. The summed E-state index contributed by atoms with van der Waals surface area (Å²) in [6.07, 6.45) is 1.59. The Morgan fingerprint density at radius 1 is 1.11 bits per heavy atom. The van der Waals surface area contributed by atoms with E-state index in [9.17, 15) is 13.2 Å². The number of carbonyl (C=O) groups is 1. The summed E-state index contributed by atoms with van der Waals surface area (Å²) in [5.41, 5.74) is 0.463. The average Bonchev–Trinajstić information content (AvgIpc) is 3.17. The summed E-state index contributed by atoms with van der Waals surface area (Å²) in [7, 11) is -2.30. The molecule has 1 saturated heterocycles. The van der Waals surface area contributed by atoms with Crippen LogP contribution in [0.3, 0.4) is 0 Å². The molecule has 2 aromatic rings. The molecule has 0 atom stereocenters. The van der Waals surface area contributed by atoms with Crippen molar-refractivity contribution in [2.24, 2.45) is 0 Å². The van der Waals surface area contributed by atoms with Crippen LogP contribution in [-0.2, 0) is 10.0 Å². The number of ether oxygens (including phenoxy) is 1. The highest BCUT2D eigenvalue weighted by Crippen LogP contribution is 2.33. The molecule has 9 heteroatoms. The fourth-order valence-electron chi connectivity index (χ4n) is 2.91. The zero-order valence-electron chi connectivity index (χ0n) is 14.5. The van der Waals surface area contributed by atoms with Gasteiger partial charge in [-0.25, -0.2) is 8.42 Å². The lowest BCUT2D eigenvalue weighted by Gasteiger charge is -2.18. The number of anilines is 1. The minimum Gasteiger partial charge on any atom is -0.495 e. The quantitative estimate of drug-likeness (QED) is 0.779. The van der Waals surface area contributed by atoms with Crippen LogP contribution in [0.5, 0.6) is 5.75 Å². The molecule has 0 saturated carbocycles. The molecule has 1 heterocycles. The molecule has 3 rings (SSSR count). The van der Waals surface area contributed by atoms with E-state index in [1.54, 1.807) is 24.3 Å². The molecule has 1 aliphatic heterocycles. The molecule has 1 N–H and O–H groups in total. The van der Waals surface area contributed by atoms with Crippen LogP contribution in [0.15, 0.2) is 41.3 Å². The number of halogens is 2. The SMILES string of the molecule is COc1ccccc1NC(=O)c1cc(S(=O)(=O)N2CCCC2)c(Cl)cc1Cl. The Hall–Kier alpha value is -1.80. The van der Waals surface area contributed by atoms with Crippen LogP contribution in [0.1, 0.15) is 23.2 Å². The van der Waals surface area contributed by atoms with E-state index in [0.717, 1.165) is 12.8 Å². The molecule has 0 aromatic heterocycles. The predicted molar refractivity (Wildman–Crippen MR) is 105 cm³/mol. The number of sulfonamides is 1. The maximum Gasteiger partial charge on any atom is 0.257 e. The monoisotopic (exact) mass is 428 g/mol. The van der Waals surface area contributed by atoms with Crippen LogP contribution < -0.4 is 10.1 Å². The van der Waals surface area contributed by atoms with E-state index >= 15 is 0 Å². The van der Waals surface area contributed by atoms with Gasteiger partial charge < -0.3 is 10.1 Å². The topological polar surface area (TPSA) is 75.7 Å². The van der Waals surface area contributed by atoms with Crippen molar-refractivity contribution in [3.63, 3.8) is 0 Å². The van der Waals surface area contributed by atoms with Crippen LogP contribution >= 0.6 is 23.2 Å². The maximum atomic E-state index is 12.8. The number of nitrogens with zero attached hydrogens (tertiary/aromatic N) is 1. The fourth-order valence-corrected chi connectivity index (χ4v) is 5.26. The van der Waals surface area contributed by atoms with E-state index < -0.39 is 15.9 Å². The van der Waals surface area contributed by atoms with Gasteiger partial charge in [0, 0.05) is 13.1 Å². The van der Waals surface area contributed by atoms with Crippen molar-refractivity contribution in [2.75, 3.05) is 25.5 Å². The lowest BCUT2D eigenvalue weighted by atomic mass is 10.2. The first kappa shape index (κ1) is 19.9. The van der Waals surface area contributed by atoms with Crippen LogP contribution in [-0.4, -0.2) is 38.8 Å². The summed E-state index contributed by atoms with van der Waals surface area (Å²) in [5.74, 6) is -0.0834. The number of hydrogen-bond donors (Lipinski definition) is 1. The van der Waals surface area contributed by atoms with Gasteiger partial charge in [-0.1, -0.05) is 35.3 Å². The molecule has 0 aliphatic carbocycles. The maximum absolute atomic E-state index is 12.8. The second-order valence-corrected chi connectivity index (χ2v) is 8.75. The number of nitrogens with one attached hydrogen (secondary N) is 1. The van der Waals surface area contributed by atoms with E-state index in [0.29, 0.717) is 24.5 Å². The lowest BCUT2D eigenvalue weighted by Crippen LogP contribution is -2.28. The Balaban J connectivity index is 1.97. The van der Waals surface area contributed by atoms with Gasteiger partial charge in [-0.2, -0.15) is 4.31 Å². The predicted octanol–water partition coefficient (Wildman–Crippen LogP) is 4.04. The van der Waals surface area contributed by atoms with Crippen LogP contribution in [0.25, 0.3) is 0 Å². The first-order chi connectivity index (χ1) is 12.8. The minimum absolute atomic E-state index is 0.0132. The first-order valence-corrected chi connectivity index (χ1v) is 10.5. The highest BCUT2D eigenvalue weighted by molar-refractivity contribution is 7.89. The Labute approximate surface area is 168 Å². The second kappa shape index (κ2) is 8.06. The van der Waals surface area contributed by atoms with Gasteiger partial charge in [-0.15, -0.1) is 0 Å². The Bertz CT molecular complexity index is 973. The van der Waals surface area contributed by atoms with Gasteiger partial charge in [0.15, 0.2) is 0 Å². The van der Waals surface area contributed by atoms with Crippen molar-refractivity contribution in [1.82, 2.24) is 4.31 Å². The third-order valence-corrected chi connectivity index (χ3v) is 6.98. The molecule has 0 bridgehead atoms. The summed E-state index contributed by atoms with van der Waals surface area (Å²) < 4.78 is 32.3. The third-order valence-electron chi connectivity index (χ3n) is 4.30. The zero-order chi connectivity index (χ0) is 19.6. The molecular weight excluding hydrogens is 411 g/mol. The summed E-state index contributed by atoms with van der Waals surface area (Å²) >= 11 is 12.3. The van der Waals surface area contributed by atoms with E-state index in [-0.39, 0.29) is 20.5 Å². The summed E-state index contributed by atoms with van der Waals surface area (Å²) in [4.78, 5) is 12.6. The van der Waals surface area contributed by atoms with E-state index in [1.807, 2.05) is 0 Å². The molecule has 144 valence electrons. The fraction of sp³-hybridized carbons (Fsp3) is 0.278. The number of amides is 1. The van der Waals surface area contributed by atoms with Crippen LogP contribution in [0.2, 0.25) is 10.0 Å². The molecule has 1 fully saturated rings. The highest BCUT2D eigenvalue weighted by Gasteiger charge is 2.30. The van der Waals surface area contributed by atoms with Crippen LogP contribution in [0, 0.1) is 0 Å². The Morgan fingerprint density at radius 3 is 2.44 bits per heavy atom. The number of methoxy groups -OCH3 is 1. The lowest BCUT2D eigenvalue weighted by molar-refractivity contribution is 0.102. The molecule has 0 spiro atoms. The third kappa shape index (κ3) is 4.06. The van der Waals surface area contributed by atoms with Crippen molar-refractivity contribution >= 4 is 44.8 Å². The van der Waals surface area contributed by atoms with Crippen LogP contribution in [0.4, 0.5) is 5.69 Å². The Kier molecular flexibility index (Phi) is 5.95. The number of para-hydroxylation sites is 2. The van der Waals surface area contributed by atoms with E-state index in [1.165, 1.54) is 23.5 Å². The molecule has 2 aromatic carbocycles. The standard InChI is InChI=1S/C18H18Cl2N2O4S/c1-26-16-7-3-2-6-15(16)21-18(23)12-10-17(14(20)11-13(12)19)27(24,25)22-8-4-5-9-22/h2-3,6-7,10-11H,4-5,8-9H2,1H3,(H,21,23). The van der Waals surface area contributed by atoms with Crippen molar-refractivity contribution < 1.29 is 17.9 Å². The summed E-state index contributed by atoms with van der Waals surface area (Å²) in [6.45, 7) is 0.869. The van der Waals surface area contributed by atoms with Gasteiger partial charge in [0.05, 0.1) is 28.4 Å². The van der Waals surface area contributed by atoms with E-state index in [4.69, 9.17) is 27.9 Å². The minimum atomic E-state index is -3.79. The van der Waals surface area contributed by atoms with Gasteiger partial charge in [-0.05, 0) is 37.1 Å². The van der Waals surface area contributed by atoms with Crippen molar-refractivity contribution in [2.45, 2.75) is 17.7 Å². The molecule has 27 heavy (non-hydrogen) atoms. The number of carbonyl (C=O) groups excluding carboxylic acids is 1. The second-order valence-electron chi connectivity index (χ2n) is 6.03. The largest absolute Gasteiger partial charge is 0.495 e. The van der Waals surface area contributed by atoms with Gasteiger partial charge in [0.2, 0.25) is 10.0 Å². The van der Waals surface area contributed by atoms with Crippen molar-refractivity contribution in [3.8, 4) is 5.75 Å². The number of rotatable bonds is 5. The van der Waals surface area contributed by atoms with Gasteiger partial charge >= 0.3 is 0 Å². The normalized spacial score (nSPS) is 14.9. The summed E-state index contributed by atoms with van der Waals surface area (Å²) in [6, 6.07) is 9.38. The van der Waals surface area contributed by atoms with Crippen molar-refractivity contribution in [1.29, 1.82) is 0 Å². The molecule has 6 nitrogen and oxygen atoms in total. The molecule has 0 unspecified atom stereocenters. The van der Waals surface area contributed by atoms with Gasteiger partial charge in [-0.3, -0.25) is 4.79 Å². The smallest absolute Gasteiger partial charge is 0.257 e. The average molecular weight is 429 g/mol. The number of benzene rings is 2. The molecule has 0 radical (unpaired) electrons. The first-order valence-electron chi connectivity index (χ1n) is 8.28. The Morgan fingerprint density at radius 2 is 1.78 bits per heavy atom. The van der Waals surface area contributed by atoms with Gasteiger partial charge in [0.25, 0.3) is 5.91 Å². The molecule has 1 aliphatic rings. The van der Waals surface area contributed by atoms with Gasteiger partial charge in [0.1, 0.15) is 10.6 Å². The summed E-state index contributed by atoms with van der Waals surface area (Å²) in [5, 5.41) is 2.74. The molecular formula is C18H18Cl2N2O4S. The molecule has 1 amide bonds. The van der Waals surface area contributed by atoms with Crippen molar-refractivity contribution in [3.05, 3.63) is 52.0 Å².